The van der Waals surface area contributed by atoms with Gasteiger partial charge < -0.3 is 16.0 Å². The third-order valence-electron chi connectivity index (χ3n) is 5.53. The van der Waals surface area contributed by atoms with Crippen molar-refractivity contribution in [2.45, 2.75) is 39.7 Å². The monoisotopic (exact) mass is 449 g/mol. The molecule has 0 radical (unpaired) electrons. The Morgan fingerprint density at radius 2 is 1.76 bits per heavy atom. The Labute approximate surface area is 193 Å². The van der Waals surface area contributed by atoms with E-state index >= 15 is 0 Å². The highest BCUT2D eigenvalue weighted by Gasteiger charge is 2.24. The number of H-pyrrole nitrogens is 1. The van der Waals surface area contributed by atoms with E-state index in [-0.39, 0.29) is 30.5 Å². The molecule has 1 heterocycles. The summed E-state index contributed by atoms with van der Waals surface area (Å²) in [7, 11) is 0. The van der Waals surface area contributed by atoms with E-state index in [1.165, 1.54) is 9.47 Å². The molecule has 174 valence electrons. The van der Waals surface area contributed by atoms with E-state index in [2.05, 4.69) is 10.3 Å². The van der Waals surface area contributed by atoms with E-state index in [9.17, 15) is 14.4 Å². The number of unbranched alkanes of at least 4 members (excludes halogenated alkanes) is 1. The minimum absolute atomic E-state index is 0.00256. The van der Waals surface area contributed by atoms with Gasteiger partial charge in [-0.15, -0.1) is 0 Å². The van der Waals surface area contributed by atoms with Gasteiger partial charge in [0.15, 0.2) is 5.69 Å². The quantitative estimate of drug-likeness (QED) is 0.440. The zero-order valence-corrected chi connectivity index (χ0v) is 19.1. The molecule has 1 aromatic heterocycles. The van der Waals surface area contributed by atoms with Crippen LogP contribution in [0.25, 0.3) is 0 Å². The molecule has 0 saturated heterocycles. The first kappa shape index (κ1) is 23.8. The number of hydrogen-bond acceptors (Lipinski definition) is 5. The Balaban J connectivity index is 1.94. The molecule has 0 spiro atoms. The van der Waals surface area contributed by atoms with E-state index in [0.29, 0.717) is 13.0 Å². The van der Waals surface area contributed by atoms with E-state index in [1.807, 2.05) is 68.4 Å². The van der Waals surface area contributed by atoms with Gasteiger partial charge in [0.25, 0.3) is 5.56 Å². The second-order valence-electron chi connectivity index (χ2n) is 7.83. The molecule has 0 aliphatic rings. The lowest BCUT2D eigenvalue weighted by atomic mass is 10.1. The summed E-state index contributed by atoms with van der Waals surface area (Å²) in [4.78, 5) is 42.3. The fourth-order valence-electron chi connectivity index (χ4n) is 3.71. The molecule has 0 aliphatic heterocycles. The number of amides is 1. The molecule has 0 fully saturated rings. The molecule has 8 nitrogen and oxygen atoms in total. The molecule has 2 aromatic carbocycles. The van der Waals surface area contributed by atoms with E-state index in [1.54, 1.807) is 0 Å². The lowest BCUT2D eigenvalue weighted by molar-refractivity contribution is -0.117. The molecule has 0 saturated carbocycles. The van der Waals surface area contributed by atoms with Crippen LogP contribution in [0.5, 0.6) is 0 Å². The number of carbonyl (C=O) groups is 1. The Morgan fingerprint density at radius 1 is 1.06 bits per heavy atom. The SMILES string of the molecule is CCCCN(C(=O)CNc1ccccc1CC)c1c(N)n(Cc2ccccc2)c(=O)[nH]c1=O. The number of nitrogens with two attached hydrogens (primary N) is 1. The second kappa shape index (κ2) is 11.2. The molecule has 3 rings (SSSR count). The number of nitrogens with one attached hydrogen (secondary N) is 2. The van der Waals surface area contributed by atoms with Crippen LogP contribution in [-0.4, -0.2) is 28.5 Å². The van der Waals surface area contributed by atoms with E-state index in [4.69, 9.17) is 5.73 Å². The molecule has 0 unspecified atom stereocenters. The van der Waals surface area contributed by atoms with Gasteiger partial charge in [-0.25, -0.2) is 4.79 Å². The summed E-state index contributed by atoms with van der Waals surface area (Å²) in [5, 5.41) is 3.18. The number of carbonyl (C=O) groups excluding carboxylic acids is 1. The highest BCUT2D eigenvalue weighted by atomic mass is 16.2. The molecule has 0 aliphatic carbocycles. The van der Waals surface area contributed by atoms with Gasteiger partial charge in [0, 0.05) is 12.2 Å². The first-order valence-corrected chi connectivity index (χ1v) is 11.2. The topological polar surface area (TPSA) is 113 Å². The van der Waals surface area contributed by atoms with Gasteiger partial charge in [0.2, 0.25) is 5.91 Å². The van der Waals surface area contributed by atoms with Crippen LogP contribution in [0.4, 0.5) is 17.2 Å². The average Bonchev–Trinajstić information content (AvgIpc) is 2.83. The van der Waals surface area contributed by atoms with Crippen molar-refractivity contribution in [3.05, 3.63) is 86.6 Å². The zero-order chi connectivity index (χ0) is 23.8. The average molecular weight is 450 g/mol. The molecule has 0 atom stereocenters. The number of nitrogens with zero attached hydrogens (tertiary/aromatic N) is 2. The zero-order valence-electron chi connectivity index (χ0n) is 19.1. The van der Waals surface area contributed by atoms with Crippen LogP contribution in [-0.2, 0) is 17.8 Å². The summed E-state index contributed by atoms with van der Waals surface area (Å²) >= 11 is 0. The van der Waals surface area contributed by atoms with Gasteiger partial charge in [-0.05, 0) is 30.0 Å². The molecule has 3 aromatic rings. The van der Waals surface area contributed by atoms with Crippen molar-refractivity contribution in [3.8, 4) is 0 Å². The minimum atomic E-state index is -0.666. The Kier molecular flexibility index (Phi) is 8.07. The van der Waals surface area contributed by atoms with Crippen LogP contribution in [0.3, 0.4) is 0 Å². The fourth-order valence-corrected chi connectivity index (χ4v) is 3.71. The molecular weight excluding hydrogens is 418 g/mol. The number of aromatic nitrogens is 2. The summed E-state index contributed by atoms with van der Waals surface area (Å²) < 4.78 is 1.29. The van der Waals surface area contributed by atoms with E-state index < -0.39 is 11.2 Å². The van der Waals surface area contributed by atoms with Crippen LogP contribution in [0.2, 0.25) is 0 Å². The van der Waals surface area contributed by atoms with Crippen molar-refractivity contribution >= 4 is 23.1 Å². The van der Waals surface area contributed by atoms with Gasteiger partial charge in [-0.2, -0.15) is 0 Å². The lowest BCUT2D eigenvalue weighted by Crippen LogP contribution is -2.43. The number of benzene rings is 2. The molecule has 0 bridgehead atoms. The summed E-state index contributed by atoms with van der Waals surface area (Å²) in [6.45, 7) is 4.56. The maximum absolute atomic E-state index is 13.2. The largest absolute Gasteiger partial charge is 0.383 e. The van der Waals surface area contributed by atoms with Gasteiger partial charge in [0.1, 0.15) is 5.82 Å². The van der Waals surface area contributed by atoms with Crippen molar-refractivity contribution in [2.24, 2.45) is 0 Å². The minimum Gasteiger partial charge on any atom is -0.383 e. The van der Waals surface area contributed by atoms with Gasteiger partial charge >= 0.3 is 5.69 Å². The smallest absolute Gasteiger partial charge is 0.330 e. The predicted molar refractivity (Wildman–Crippen MR) is 133 cm³/mol. The number of nitrogen functional groups attached to an aromatic ring is 1. The Morgan fingerprint density at radius 3 is 2.45 bits per heavy atom. The lowest BCUT2D eigenvalue weighted by Gasteiger charge is -2.25. The van der Waals surface area contributed by atoms with Gasteiger partial charge in [-0.1, -0.05) is 68.8 Å². The van der Waals surface area contributed by atoms with Crippen LogP contribution in [0, 0.1) is 0 Å². The normalized spacial score (nSPS) is 10.7. The van der Waals surface area contributed by atoms with Gasteiger partial charge in [-0.3, -0.25) is 19.1 Å². The number of para-hydroxylation sites is 1. The van der Waals surface area contributed by atoms with Crippen molar-refractivity contribution in [1.29, 1.82) is 0 Å². The van der Waals surface area contributed by atoms with Crippen LogP contribution >= 0.6 is 0 Å². The fraction of sp³-hybridized carbons (Fsp3) is 0.320. The number of rotatable bonds is 10. The maximum Gasteiger partial charge on any atom is 0.330 e. The van der Waals surface area contributed by atoms with Crippen molar-refractivity contribution in [2.75, 3.05) is 29.0 Å². The van der Waals surface area contributed by atoms with E-state index in [0.717, 1.165) is 29.7 Å². The standard InChI is InChI=1S/C25H31N5O3/c1-3-5-15-29(21(31)16-27-20-14-10-9-13-19(20)4-2)22-23(26)30(25(33)28-24(22)32)17-18-11-7-6-8-12-18/h6-14,27H,3-5,15-17,26H2,1-2H3,(H,28,32,33). The van der Waals surface area contributed by atoms with Crippen LogP contribution < -0.4 is 27.2 Å². The number of aryl methyl sites for hydroxylation is 1. The third-order valence-corrected chi connectivity index (χ3v) is 5.53. The third kappa shape index (κ3) is 5.71. The molecular formula is C25H31N5O3. The molecule has 4 N–H and O–H groups in total. The Hall–Kier alpha value is -3.81. The number of aromatic amines is 1. The number of anilines is 3. The van der Waals surface area contributed by atoms with Gasteiger partial charge in [0.05, 0.1) is 13.1 Å². The van der Waals surface area contributed by atoms with Crippen LogP contribution in [0.1, 0.15) is 37.8 Å². The van der Waals surface area contributed by atoms with Crippen molar-refractivity contribution in [3.63, 3.8) is 0 Å². The van der Waals surface area contributed by atoms with Crippen molar-refractivity contribution in [1.82, 2.24) is 9.55 Å². The first-order chi connectivity index (χ1) is 16.0. The molecule has 33 heavy (non-hydrogen) atoms. The predicted octanol–water partition coefficient (Wildman–Crippen LogP) is 2.97. The Bertz CT molecular complexity index is 1200. The summed E-state index contributed by atoms with van der Waals surface area (Å²) in [6, 6.07) is 17.1. The summed E-state index contributed by atoms with van der Waals surface area (Å²) in [6.07, 6.45) is 2.35. The molecule has 8 heteroatoms. The first-order valence-electron chi connectivity index (χ1n) is 11.2. The van der Waals surface area contributed by atoms with Crippen LogP contribution in [0.15, 0.2) is 64.2 Å². The molecule has 1 amide bonds. The second-order valence-corrected chi connectivity index (χ2v) is 7.83. The van der Waals surface area contributed by atoms with Crippen molar-refractivity contribution < 1.29 is 4.79 Å². The maximum atomic E-state index is 13.2. The highest BCUT2D eigenvalue weighted by molar-refractivity contribution is 5.98. The summed E-state index contributed by atoms with van der Waals surface area (Å²) in [5.41, 5.74) is 7.89. The summed E-state index contributed by atoms with van der Waals surface area (Å²) in [5.74, 6) is -0.317. The number of hydrogen-bond donors (Lipinski definition) is 3. The highest BCUT2D eigenvalue weighted by Crippen LogP contribution is 2.20.